The van der Waals surface area contributed by atoms with Gasteiger partial charge in [-0.15, -0.1) is 0 Å². The lowest BCUT2D eigenvalue weighted by Gasteiger charge is -2.32. The minimum Gasteiger partial charge on any atom is -0.391 e. The molecule has 1 amide bonds. The van der Waals surface area contributed by atoms with Gasteiger partial charge in [0.25, 0.3) is 0 Å². The van der Waals surface area contributed by atoms with E-state index in [1.165, 1.54) is 12.1 Å². The average molecular weight is 317 g/mol. The summed E-state index contributed by atoms with van der Waals surface area (Å²) in [4.78, 5) is 14.0. The number of carbonyl (C=O) groups is 1. The summed E-state index contributed by atoms with van der Waals surface area (Å²) >= 11 is 10.8. The molecular weight excluding hydrogens is 303 g/mol. The van der Waals surface area contributed by atoms with Crippen LogP contribution in [0.15, 0.2) is 18.2 Å². The normalized spacial score (nSPS) is 18.9. The van der Waals surface area contributed by atoms with Crippen LogP contribution in [0.4, 0.5) is 4.39 Å². The highest BCUT2D eigenvalue weighted by Crippen LogP contribution is 2.20. The van der Waals surface area contributed by atoms with Gasteiger partial charge in [-0.3, -0.25) is 4.79 Å². The first-order chi connectivity index (χ1) is 9.49. The van der Waals surface area contributed by atoms with E-state index < -0.39 is 11.9 Å². The first-order valence-corrected chi connectivity index (χ1v) is 6.89. The van der Waals surface area contributed by atoms with Crippen LogP contribution in [0.5, 0.6) is 0 Å². The van der Waals surface area contributed by atoms with E-state index in [0.717, 1.165) is 0 Å². The Labute approximate surface area is 126 Å². The Morgan fingerprint density at radius 3 is 3.00 bits per heavy atom. The summed E-state index contributed by atoms with van der Waals surface area (Å²) in [7, 11) is 0. The van der Waals surface area contributed by atoms with Crippen LogP contribution in [0.3, 0.4) is 0 Å². The lowest BCUT2D eigenvalue weighted by Crippen LogP contribution is -2.50. The van der Waals surface area contributed by atoms with Gasteiger partial charge in [0.15, 0.2) is 0 Å². The Morgan fingerprint density at radius 1 is 1.60 bits per heavy atom. The molecule has 108 valence electrons. The molecule has 1 heterocycles. The van der Waals surface area contributed by atoms with Crippen LogP contribution in [0.1, 0.15) is 5.56 Å². The second kappa shape index (κ2) is 6.47. The molecule has 20 heavy (non-hydrogen) atoms. The number of hydrogen-bond donors (Lipinski definition) is 1. The van der Waals surface area contributed by atoms with E-state index in [2.05, 4.69) is 0 Å². The van der Waals surface area contributed by atoms with Crippen molar-refractivity contribution in [3.8, 4) is 0 Å². The van der Waals surface area contributed by atoms with Crippen molar-refractivity contribution in [2.75, 3.05) is 19.7 Å². The second-order valence-electron chi connectivity index (χ2n) is 4.48. The lowest BCUT2D eigenvalue weighted by atomic mass is 10.1. The fraction of sp³-hybridized carbons (Fsp3) is 0.385. The van der Waals surface area contributed by atoms with Gasteiger partial charge in [0, 0.05) is 17.1 Å². The molecule has 1 aromatic carbocycles. The minimum atomic E-state index is -0.481. The zero-order chi connectivity index (χ0) is 14.7. The van der Waals surface area contributed by atoms with Crippen molar-refractivity contribution in [1.82, 2.24) is 4.90 Å². The largest absolute Gasteiger partial charge is 0.391 e. The van der Waals surface area contributed by atoms with E-state index in [1.54, 1.807) is 11.0 Å². The van der Waals surface area contributed by atoms with Gasteiger partial charge >= 0.3 is 0 Å². The van der Waals surface area contributed by atoms with E-state index in [1.807, 2.05) is 0 Å². The predicted molar refractivity (Wildman–Crippen MR) is 78.2 cm³/mol. The molecule has 0 bridgehead atoms. The molecule has 1 aliphatic heterocycles. The molecule has 1 saturated heterocycles. The molecule has 4 nitrogen and oxygen atoms in total. The molecule has 0 spiro atoms. The van der Waals surface area contributed by atoms with Crippen LogP contribution in [-0.2, 0) is 16.0 Å². The molecule has 0 saturated carbocycles. The third-order valence-corrected chi connectivity index (χ3v) is 3.74. The smallest absolute Gasteiger partial charge is 0.227 e. The molecule has 1 unspecified atom stereocenters. The number of carbonyl (C=O) groups excluding carboxylic acids is 1. The maximum absolute atomic E-state index is 13.7. The molecule has 0 radical (unpaired) electrons. The van der Waals surface area contributed by atoms with Gasteiger partial charge in [0.2, 0.25) is 5.91 Å². The number of morpholine rings is 1. The molecule has 1 aliphatic rings. The van der Waals surface area contributed by atoms with E-state index in [0.29, 0.717) is 19.7 Å². The fourth-order valence-electron chi connectivity index (χ4n) is 2.01. The highest BCUT2D eigenvalue weighted by atomic mass is 35.5. The minimum absolute atomic E-state index is 0.0877. The number of benzene rings is 1. The van der Waals surface area contributed by atoms with Crippen LogP contribution in [0.2, 0.25) is 5.02 Å². The van der Waals surface area contributed by atoms with Crippen molar-refractivity contribution in [3.05, 3.63) is 34.6 Å². The molecule has 2 rings (SSSR count). The van der Waals surface area contributed by atoms with Crippen LogP contribution in [0, 0.1) is 5.82 Å². The van der Waals surface area contributed by atoms with Gasteiger partial charge in [-0.05, 0) is 12.1 Å². The van der Waals surface area contributed by atoms with Gasteiger partial charge < -0.3 is 15.4 Å². The highest BCUT2D eigenvalue weighted by molar-refractivity contribution is 7.80. The number of amides is 1. The summed E-state index contributed by atoms with van der Waals surface area (Å²) in [6.45, 7) is 1.09. The number of ether oxygens (including phenoxy) is 1. The Hall–Kier alpha value is -1.24. The number of nitrogens with two attached hydrogens (primary N) is 1. The third kappa shape index (κ3) is 3.45. The van der Waals surface area contributed by atoms with Crippen molar-refractivity contribution >= 4 is 34.7 Å². The van der Waals surface area contributed by atoms with Crippen molar-refractivity contribution in [1.29, 1.82) is 0 Å². The lowest BCUT2D eigenvalue weighted by molar-refractivity contribution is -0.135. The summed E-state index contributed by atoms with van der Waals surface area (Å²) in [5.41, 5.74) is 5.72. The Morgan fingerprint density at radius 2 is 2.35 bits per heavy atom. The molecule has 0 aliphatic carbocycles. The van der Waals surface area contributed by atoms with Crippen LogP contribution >= 0.6 is 23.8 Å². The van der Waals surface area contributed by atoms with Crippen LogP contribution in [0.25, 0.3) is 0 Å². The van der Waals surface area contributed by atoms with Crippen molar-refractivity contribution in [3.63, 3.8) is 0 Å². The van der Waals surface area contributed by atoms with Gasteiger partial charge in [0.1, 0.15) is 16.9 Å². The van der Waals surface area contributed by atoms with E-state index >= 15 is 0 Å². The Balaban J connectivity index is 2.06. The van der Waals surface area contributed by atoms with Crippen molar-refractivity contribution < 1.29 is 13.9 Å². The van der Waals surface area contributed by atoms with Gasteiger partial charge in [0.05, 0.1) is 19.6 Å². The molecular formula is C13H14ClFN2O2S. The topological polar surface area (TPSA) is 55.6 Å². The van der Waals surface area contributed by atoms with Crippen LogP contribution in [-0.4, -0.2) is 41.6 Å². The van der Waals surface area contributed by atoms with Gasteiger partial charge in [-0.1, -0.05) is 29.9 Å². The van der Waals surface area contributed by atoms with Gasteiger partial charge in [-0.25, -0.2) is 4.39 Å². The molecule has 1 fully saturated rings. The number of halogens is 2. The van der Waals surface area contributed by atoms with E-state index in [9.17, 15) is 9.18 Å². The molecule has 1 aromatic rings. The maximum atomic E-state index is 13.7. The number of nitrogens with zero attached hydrogens (tertiary/aromatic N) is 1. The summed E-state index contributed by atoms with van der Waals surface area (Å²) < 4.78 is 19.0. The zero-order valence-corrected chi connectivity index (χ0v) is 12.2. The Kier molecular flexibility index (Phi) is 4.91. The van der Waals surface area contributed by atoms with Gasteiger partial charge in [-0.2, -0.15) is 0 Å². The third-order valence-electron chi connectivity index (χ3n) is 3.13. The molecule has 0 aromatic heterocycles. The zero-order valence-electron chi connectivity index (χ0n) is 10.6. The first-order valence-electron chi connectivity index (χ1n) is 6.10. The first kappa shape index (κ1) is 15.2. The van der Waals surface area contributed by atoms with Crippen molar-refractivity contribution in [2.24, 2.45) is 5.73 Å². The standard InChI is InChI=1S/C13H14ClFN2O2S/c14-9-2-1-3-10(15)8(9)6-12(18)17-4-5-19-11(7-17)13(16)20/h1-3,11H,4-7H2,(H2,16,20). The van der Waals surface area contributed by atoms with E-state index in [4.69, 9.17) is 34.3 Å². The highest BCUT2D eigenvalue weighted by Gasteiger charge is 2.26. The van der Waals surface area contributed by atoms with Crippen molar-refractivity contribution in [2.45, 2.75) is 12.5 Å². The average Bonchev–Trinajstić information content (AvgIpc) is 2.43. The predicted octanol–water partition coefficient (Wildman–Crippen LogP) is 1.54. The Bertz CT molecular complexity index is 521. The number of hydrogen-bond acceptors (Lipinski definition) is 3. The molecule has 1 atom stereocenters. The van der Waals surface area contributed by atoms with E-state index in [-0.39, 0.29) is 27.9 Å². The monoisotopic (exact) mass is 316 g/mol. The summed E-state index contributed by atoms with van der Waals surface area (Å²) in [5.74, 6) is -0.702. The van der Waals surface area contributed by atoms with Crippen LogP contribution < -0.4 is 5.73 Å². The summed E-state index contributed by atoms with van der Waals surface area (Å²) in [6.07, 6.45) is -0.533. The number of rotatable bonds is 3. The maximum Gasteiger partial charge on any atom is 0.227 e. The SMILES string of the molecule is NC(=S)C1CN(C(=O)Cc2c(F)cccc2Cl)CCO1. The second-order valence-corrected chi connectivity index (χ2v) is 5.36. The molecule has 2 N–H and O–H groups in total. The fourth-order valence-corrected chi connectivity index (χ4v) is 2.38. The summed E-state index contributed by atoms with van der Waals surface area (Å²) in [5, 5.41) is 0.248. The molecule has 7 heteroatoms. The quantitative estimate of drug-likeness (QED) is 0.859. The number of thiocarbonyl (C=S) groups is 1. The summed E-state index contributed by atoms with van der Waals surface area (Å²) in [6, 6.07) is 4.35.